The average Bonchev–Trinajstić information content (AvgIpc) is 3.31. The number of rotatable bonds is 12. The van der Waals surface area contributed by atoms with Crippen LogP contribution < -0.4 is 0 Å². The van der Waals surface area contributed by atoms with E-state index in [9.17, 15) is 26.3 Å². The molecule has 3 aromatic rings. The molecule has 1 aliphatic carbocycles. The molecule has 2 heterocycles. The number of nitrogens with zero attached hydrogens (tertiary/aromatic N) is 2. The van der Waals surface area contributed by atoms with E-state index in [0.29, 0.717) is 9.15 Å². The Morgan fingerprint density at radius 2 is 1.02 bits per heavy atom. The summed E-state index contributed by atoms with van der Waals surface area (Å²) in [7, 11) is 0. The van der Waals surface area contributed by atoms with E-state index in [2.05, 4.69) is 9.97 Å². The molecule has 0 amide bonds. The molecule has 43 heavy (non-hydrogen) atoms. The SMILES string of the molecule is CCC[CH2][Sn]([CH2]CCC)([CH2]CCC)[C]1=C(c2c(F)c(F)nc(F)c2F)/C(=C/c2c(F)c(F)nc(F)c2F)c2ccccc21. The van der Waals surface area contributed by atoms with Crippen LogP contribution in [0.3, 0.4) is 0 Å². The number of allylic oxidation sites excluding steroid dienone is 2. The van der Waals surface area contributed by atoms with E-state index in [1.165, 1.54) is 0 Å². The fourth-order valence-electron chi connectivity index (χ4n) is 6.08. The van der Waals surface area contributed by atoms with Crippen LogP contribution in [0.2, 0.25) is 13.3 Å². The number of hydrogen-bond acceptors (Lipinski definition) is 2. The van der Waals surface area contributed by atoms with Crippen molar-refractivity contribution in [2.24, 2.45) is 0 Å². The van der Waals surface area contributed by atoms with Crippen molar-refractivity contribution < 1.29 is 35.1 Å². The summed E-state index contributed by atoms with van der Waals surface area (Å²) in [4.78, 5) is 5.31. The molecule has 0 spiro atoms. The quantitative estimate of drug-likeness (QED) is 0.106. The van der Waals surface area contributed by atoms with Crippen LogP contribution in [0.1, 0.15) is 81.5 Å². The van der Waals surface area contributed by atoms with Crippen LogP contribution in [0, 0.1) is 47.1 Å². The van der Waals surface area contributed by atoms with Crippen molar-refractivity contribution >= 4 is 39.2 Å². The maximum atomic E-state index is 15.7. The summed E-state index contributed by atoms with van der Waals surface area (Å²) in [6.07, 6.45) is 5.65. The number of fused-ring (bicyclic) bond motifs is 1. The Hall–Kier alpha value is -2.76. The third-order valence-electron chi connectivity index (χ3n) is 8.13. The molecule has 230 valence electrons. The Morgan fingerprint density at radius 1 is 0.605 bits per heavy atom. The second kappa shape index (κ2) is 13.9. The standard InChI is InChI=1S/C20H5F8N2.3C4H9.Sn/c21-13-11(14(22)18(26)29-17(13)25)6-9-8-4-2-1-3-7(8)5-10(9)12-15(23)19(27)30-20(28)16(12)24;3*1-3-4-2;/h1-4,6H;3*1,3-4H2,2H3;/b9-6+;;;;. The number of halogens is 8. The van der Waals surface area contributed by atoms with Crippen molar-refractivity contribution in [1.29, 1.82) is 0 Å². The van der Waals surface area contributed by atoms with Crippen LogP contribution in [-0.4, -0.2) is 28.3 Å². The Labute approximate surface area is 249 Å². The van der Waals surface area contributed by atoms with Gasteiger partial charge in [0.05, 0.1) is 0 Å². The molecule has 0 unspecified atom stereocenters. The number of pyridine rings is 2. The predicted molar refractivity (Wildman–Crippen MR) is 154 cm³/mol. The molecular weight excluding hydrogens is 683 g/mol. The molecule has 11 heteroatoms. The van der Waals surface area contributed by atoms with E-state index in [1.807, 2.05) is 20.8 Å². The average molecular weight is 715 g/mol. The van der Waals surface area contributed by atoms with Gasteiger partial charge in [-0.1, -0.05) is 0 Å². The van der Waals surface area contributed by atoms with Gasteiger partial charge >= 0.3 is 250 Å². The van der Waals surface area contributed by atoms with Gasteiger partial charge in [-0.15, -0.1) is 0 Å². The first kappa shape index (κ1) is 33.1. The molecule has 0 aliphatic heterocycles. The van der Waals surface area contributed by atoms with Crippen LogP contribution in [-0.2, 0) is 0 Å². The van der Waals surface area contributed by atoms with Gasteiger partial charge in [-0.25, -0.2) is 0 Å². The van der Waals surface area contributed by atoms with Crippen LogP contribution in [0.5, 0.6) is 0 Å². The number of aromatic nitrogens is 2. The monoisotopic (exact) mass is 716 g/mol. The number of hydrogen-bond donors (Lipinski definition) is 0. The molecule has 0 saturated carbocycles. The Bertz CT molecular complexity index is 1510. The van der Waals surface area contributed by atoms with Gasteiger partial charge in [-0.3, -0.25) is 0 Å². The number of benzene rings is 1. The van der Waals surface area contributed by atoms with Gasteiger partial charge in [0.15, 0.2) is 0 Å². The maximum absolute atomic E-state index is 15.7. The summed E-state index contributed by atoms with van der Waals surface area (Å²) in [5.41, 5.74) is -1.83. The Balaban J connectivity index is 2.25. The van der Waals surface area contributed by atoms with Crippen molar-refractivity contribution in [2.45, 2.75) is 72.6 Å². The Kier molecular flexibility index (Phi) is 10.7. The van der Waals surface area contributed by atoms with Gasteiger partial charge in [0.25, 0.3) is 0 Å². The molecule has 0 N–H and O–H groups in total. The topological polar surface area (TPSA) is 25.8 Å². The molecule has 0 atom stereocenters. The van der Waals surface area contributed by atoms with Crippen molar-refractivity contribution in [3.8, 4) is 0 Å². The van der Waals surface area contributed by atoms with E-state index in [-0.39, 0.29) is 16.7 Å². The van der Waals surface area contributed by atoms with Gasteiger partial charge in [0, 0.05) is 0 Å². The first-order chi connectivity index (χ1) is 20.5. The first-order valence-corrected chi connectivity index (χ1v) is 22.0. The minimum atomic E-state index is -3.87. The van der Waals surface area contributed by atoms with Crippen LogP contribution in [0.15, 0.2) is 24.3 Å². The van der Waals surface area contributed by atoms with E-state index < -0.39 is 76.6 Å². The summed E-state index contributed by atoms with van der Waals surface area (Å²) in [6, 6.07) is 6.56. The Morgan fingerprint density at radius 3 is 1.47 bits per heavy atom. The zero-order valence-corrected chi connectivity index (χ0v) is 27.0. The normalized spacial score (nSPS) is 14.3. The van der Waals surface area contributed by atoms with E-state index >= 15 is 8.78 Å². The van der Waals surface area contributed by atoms with Crippen LogP contribution in [0.4, 0.5) is 35.1 Å². The van der Waals surface area contributed by atoms with E-state index in [4.69, 9.17) is 0 Å². The molecule has 1 aromatic carbocycles. The molecule has 4 rings (SSSR count). The van der Waals surface area contributed by atoms with E-state index in [0.717, 1.165) is 57.9 Å². The minimum absolute atomic E-state index is 0.193. The second-order valence-electron chi connectivity index (χ2n) is 10.9. The van der Waals surface area contributed by atoms with E-state index in [1.54, 1.807) is 24.3 Å². The fraction of sp³-hybridized carbons (Fsp3) is 0.375. The van der Waals surface area contributed by atoms with Gasteiger partial charge in [-0.2, -0.15) is 0 Å². The zero-order chi connectivity index (χ0) is 31.5. The van der Waals surface area contributed by atoms with Crippen molar-refractivity contribution in [1.82, 2.24) is 9.97 Å². The summed E-state index contributed by atoms with van der Waals surface area (Å²) in [6.45, 7) is 6.06. The molecule has 2 aromatic heterocycles. The molecule has 2 nitrogen and oxygen atoms in total. The fourth-order valence-corrected chi connectivity index (χ4v) is 23.7. The third kappa shape index (κ3) is 6.26. The summed E-state index contributed by atoms with van der Waals surface area (Å²) in [5, 5.41) is 0. The predicted octanol–water partition coefficient (Wildman–Crippen LogP) is 10.4. The van der Waals surface area contributed by atoms with Gasteiger partial charge in [-0.05, 0) is 0 Å². The second-order valence-corrected chi connectivity index (χ2v) is 23.9. The third-order valence-corrected chi connectivity index (χ3v) is 23.9. The molecule has 0 saturated heterocycles. The van der Waals surface area contributed by atoms with Crippen molar-refractivity contribution in [3.05, 3.63) is 93.6 Å². The van der Waals surface area contributed by atoms with Gasteiger partial charge in [0.1, 0.15) is 0 Å². The summed E-state index contributed by atoms with van der Waals surface area (Å²) >= 11 is -3.87. The molecule has 0 radical (unpaired) electrons. The summed E-state index contributed by atoms with van der Waals surface area (Å²) in [5.74, 6) is -14.8. The molecular formula is C32H32F8N2Sn. The van der Waals surface area contributed by atoms with Crippen molar-refractivity contribution in [3.63, 3.8) is 0 Å². The first-order valence-electron chi connectivity index (χ1n) is 14.5. The molecule has 1 aliphatic rings. The van der Waals surface area contributed by atoms with Crippen LogP contribution in [0.25, 0.3) is 20.8 Å². The summed E-state index contributed by atoms with van der Waals surface area (Å²) < 4.78 is 122. The molecule has 0 bridgehead atoms. The van der Waals surface area contributed by atoms with Crippen molar-refractivity contribution in [2.75, 3.05) is 0 Å². The molecule has 0 fully saturated rings. The van der Waals surface area contributed by atoms with Gasteiger partial charge < -0.3 is 0 Å². The number of unbranched alkanes of at least 4 members (excludes halogenated alkanes) is 3. The van der Waals surface area contributed by atoms with Crippen LogP contribution >= 0.6 is 0 Å². The van der Waals surface area contributed by atoms with Gasteiger partial charge in [0.2, 0.25) is 0 Å². The zero-order valence-electron chi connectivity index (χ0n) is 24.2.